The smallest absolute Gasteiger partial charge is 0.0149 e. The summed E-state index contributed by atoms with van der Waals surface area (Å²) < 4.78 is 0. The number of hydrogen-bond donors (Lipinski definition) is 0. The van der Waals surface area contributed by atoms with Crippen molar-refractivity contribution >= 4 is 0 Å². The zero-order valence-electron chi connectivity index (χ0n) is 5.12. The average molecular weight is 116 g/mol. The zero-order valence-corrected chi connectivity index (χ0v) is 5.12. The molecule has 0 saturated heterocycles. The van der Waals surface area contributed by atoms with Gasteiger partial charge in [-0.1, -0.05) is 12.2 Å². The largest absolute Gasteiger partial charge is 0.0845 e. The molecule has 2 bridgehead atoms. The molecule has 0 amide bonds. The van der Waals surface area contributed by atoms with E-state index in [2.05, 4.69) is 12.2 Å². The molecule has 0 aromatic heterocycles. The van der Waals surface area contributed by atoms with E-state index >= 15 is 0 Å². The van der Waals surface area contributed by atoms with E-state index in [9.17, 15) is 0 Å². The quantitative estimate of drug-likeness (QED) is 0.418. The van der Waals surface area contributed by atoms with Gasteiger partial charge in [0.25, 0.3) is 0 Å². The lowest BCUT2D eigenvalue weighted by molar-refractivity contribution is 0.290. The topological polar surface area (TPSA) is 0 Å². The van der Waals surface area contributed by atoms with Gasteiger partial charge in [0, 0.05) is 0 Å². The molecule has 4 fully saturated rings. The van der Waals surface area contributed by atoms with Crippen molar-refractivity contribution in [3.8, 4) is 0 Å². The predicted octanol–water partition coefficient (Wildman–Crippen LogP) is 1.29. The zero-order chi connectivity index (χ0) is 5.38. The molecule has 0 nitrogen and oxygen atoms in total. The molecule has 4 unspecified atom stereocenters. The molecule has 6 aliphatic carbocycles. The molecule has 9 heavy (non-hydrogen) atoms. The van der Waals surface area contributed by atoms with Crippen LogP contribution >= 0.6 is 0 Å². The summed E-state index contributed by atoms with van der Waals surface area (Å²) in [4.78, 5) is 0. The van der Waals surface area contributed by atoms with Crippen molar-refractivity contribution in [1.82, 2.24) is 0 Å². The Morgan fingerprint density at radius 3 is 1.56 bits per heavy atom. The Morgan fingerprint density at radius 2 is 1.22 bits per heavy atom. The van der Waals surface area contributed by atoms with Crippen LogP contribution in [0.15, 0.2) is 12.2 Å². The minimum Gasteiger partial charge on any atom is -0.0845 e. The van der Waals surface area contributed by atoms with E-state index in [1.165, 1.54) is 23.7 Å². The lowest BCUT2D eigenvalue weighted by atomic mass is 9.76. The van der Waals surface area contributed by atoms with E-state index in [0.29, 0.717) is 0 Å². The maximum atomic E-state index is 2.52. The summed E-state index contributed by atoms with van der Waals surface area (Å²) in [6.45, 7) is 0. The van der Waals surface area contributed by atoms with Crippen molar-refractivity contribution in [3.05, 3.63) is 12.2 Å². The summed E-state index contributed by atoms with van der Waals surface area (Å²) in [5, 5.41) is 0. The average Bonchev–Trinajstić information content (AvgIpc) is 2.66. The third-order valence-electron chi connectivity index (χ3n) is 5.08. The highest BCUT2D eigenvalue weighted by atomic mass is 15.1. The Hall–Kier alpha value is -0.260. The first kappa shape index (κ1) is 3.23. The highest BCUT2D eigenvalue weighted by Crippen LogP contribution is 3.07. The Morgan fingerprint density at radius 1 is 0.778 bits per heavy atom. The maximum Gasteiger partial charge on any atom is -0.0149 e. The molecule has 0 aliphatic heterocycles. The molecule has 0 heteroatoms. The second-order valence-corrected chi connectivity index (χ2v) is 4.64. The van der Waals surface area contributed by atoms with Crippen LogP contribution in [0.25, 0.3) is 0 Å². The van der Waals surface area contributed by atoms with Crippen LogP contribution in [0.1, 0.15) is 0 Å². The molecule has 0 radical (unpaired) electrons. The van der Waals surface area contributed by atoms with E-state index < -0.39 is 0 Å². The van der Waals surface area contributed by atoms with E-state index in [1.807, 2.05) is 0 Å². The lowest BCUT2D eigenvalue weighted by Gasteiger charge is -2.28. The molecule has 0 N–H and O–H groups in total. The molecular weight excluding hydrogens is 108 g/mol. The Bertz CT molecular complexity index is 224. The number of rotatable bonds is 0. The minimum atomic E-state index is 1.05. The highest BCUT2D eigenvalue weighted by molar-refractivity contribution is 5.56. The molecule has 1 spiro atoms. The van der Waals surface area contributed by atoms with Crippen molar-refractivity contribution in [2.45, 2.75) is 0 Å². The van der Waals surface area contributed by atoms with Crippen LogP contribution in [-0.2, 0) is 0 Å². The third-order valence-corrected chi connectivity index (χ3v) is 5.08. The molecule has 4 atom stereocenters. The predicted molar refractivity (Wildman–Crippen MR) is 32.5 cm³/mol. The summed E-state index contributed by atoms with van der Waals surface area (Å²) in [5.41, 5.74) is 1.05. The van der Waals surface area contributed by atoms with Crippen LogP contribution in [0, 0.1) is 40.9 Å². The fraction of sp³-hybridized carbons (Fsp3) is 0.778. The Kier molecular flexibility index (Phi) is 0.190. The lowest BCUT2D eigenvalue weighted by Crippen LogP contribution is -2.23. The van der Waals surface area contributed by atoms with Gasteiger partial charge in [-0.25, -0.2) is 0 Å². The second-order valence-electron chi connectivity index (χ2n) is 4.64. The SMILES string of the molecule is C1=CC2C3C4C1C1C2C413. The van der Waals surface area contributed by atoms with Gasteiger partial charge in [0.2, 0.25) is 0 Å². The van der Waals surface area contributed by atoms with Gasteiger partial charge in [0.15, 0.2) is 0 Å². The first-order valence-electron chi connectivity index (χ1n) is 4.15. The van der Waals surface area contributed by atoms with E-state index in [4.69, 9.17) is 0 Å². The first-order valence-corrected chi connectivity index (χ1v) is 4.15. The monoisotopic (exact) mass is 116 g/mol. The van der Waals surface area contributed by atoms with Crippen LogP contribution in [0.2, 0.25) is 0 Å². The van der Waals surface area contributed by atoms with Crippen molar-refractivity contribution in [1.29, 1.82) is 0 Å². The maximum absolute atomic E-state index is 2.52. The second kappa shape index (κ2) is 0.531. The van der Waals surface area contributed by atoms with Crippen molar-refractivity contribution < 1.29 is 0 Å². The molecule has 44 valence electrons. The molecule has 6 aliphatic rings. The van der Waals surface area contributed by atoms with Crippen molar-refractivity contribution in [2.75, 3.05) is 0 Å². The molecule has 0 aromatic carbocycles. The molecular formula is C9H8. The summed E-state index contributed by atoms with van der Waals surface area (Å²) >= 11 is 0. The van der Waals surface area contributed by atoms with Gasteiger partial charge >= 0.3 is 0 Å². The van der Waals surface area contributed by atoms with Crippen molar-refractivity contribution in [2.24, 2.45) is 40.9 Å². The van der Waals surface area contributed by atoms with Crippen molar-refractivity contribution in [3.63, 3.8) is 0 Å². The minimum absolute atomic E-state index is 1.05. The van der Waals surface area contributed by atoms with Crippen LogP contribution in [0.3, 0.4) is 0 Å². The van der Waals surface area contributed by atoms with Gasteiger partial charge in [-0.3, -0.25) is 0 Å². The summed E-state index contributed by atoms with van der Waals surface area (Å²) in [7, 11) is 0. The van der Waals surface area contributed by atoms with Gasteiger partial charge in [0.1, 0.15) is 0 Å². The third kappa shape index (κ3) is 0.107. The summed E-state index contributed by atoms with van der Waals surface area (Å²) in [6.07, 6.45) is 5.04. The number of allylic oxidation sites excluding steroid dienone is 2. The Labute approximate surface area is 53.9 Å². The summed E-state index contributed by atoms with van der Waals surface area (Å²) in [6, 6.07) is 0. The van der Waals surface area contributed by atoms with E-state index in [-0.39, 0.29) is 0 Å². The van der Waals surface area contributed by atoms with Gasteiger partial charge in [0.05, 0.1) is 0 Å². The molecule has 6 rings (SSSR count). The van der Waals surface area contributed by atoms with Crippen LogP contribution in [0.5, 0.6) is 0 Å². The Balaban J connectivity index is 2.06. The van der Waals surface area contributed by atoms with Crippen LogP contribution < -0.4 is 0 Å². The van der Waals surface area contributed by atoms with Crippen LogP contribution in [-0.4, -0.2) is 0 Å². The first-order chi connectivity index (χ1) is 4.47. The normalized spacial score (nSPS) is 96.9. The summed E-state index contributed by atoms with van der Waals surface area (Å²) in [5.74, 6) is 7.16. The number of hydrogen-bond acceptors (Lipinski definition) is 0. The van der Waals surface area contributed by atoms with Gasteiger partial charge < -0.3 is 0 Å². The molecule has 0 heterocycles. The van der Waals surface area contributed by atoms with E-state index in [0.717, 1.165) is 17.3 Å². The fourth-order valence-corrected chi connectivity index (χ4v) is 5.10. The molecule has 4 saturated carbocycles. The van der Waals surface area contributed by atoms with E-state index in [1.54, 1.807) is 0 Å². The molecule has 0 aromatic rings. The van der Waals surface area contributed by atoms with Gasteiger partial charge in [-0.05, 0) is 40.9 Å². The van der Waals surface area contributed by atoms with Crippen LogP contribution in [0.4, 0.5) is 0 Å². The fourth-order valence-electron chi connectivity index (χ4n) is 5.10. The van der Waals surface area contributed by atoms with Gasteiger partial charge in [-0.15, -0.1) is 0 Å². The highest BCUT2D eigenvalue weighted by Gasteiger charge is 3.04. The van der Waals surface area contributed by atoms with Gasteiger partial charge in [-0.2, -0.15) is 0 Å². The standard InChI is InChI=1S/C9H8/c1-2-4-7-5-3(1)6-8(4)9(5,6)7/h1-8H.